The molecule has 1 N–H and O–H groups in total. The van der Waals surface area contributed by atoms with Crippen molar-refractivity contribution >= 4 is 5.82 Å². The maximum atomic E-state index is 9.02. The van der Waals surface area contributed by atoms with Crippen LogP contribution in [0.3, 0.4) is 0 Å². The van der Waals surface area contributed by atoms with E-state index in [1.54, 1.807) is 13.3 Å². The number of rotatable bonds is 3. The minimum absolute atomic E-state index is 0.0504. The van der Waals surface area contributed by atoms with Gasteiger partial charge in [-0.05, 0) is 30.5 Å². The van der Waals surface area contributed by atoms with E-state index >= 15 is 0 Å². The highest BCUT2D eigenvalue weighted by Gasteiger charge is 2.23. The molecule has 1 aromatic rings. The molecule has 0 spiro atoms. The van der Waals surface area contributed by atoms with Crippen molar-refractivity contribution in [3.63, 3.8) is 0 Å². The third-order valence-electron chi connectivity index (χ3n) is 3.07. The number of hydrogen-bond donors (Lipinski definition) is 1. The highest BCUT2D eigenvalue weighted by atomic mass is 16.5. The van der Waals surface area contributed by atoms with Crippen LogP contribution in [0.2, 0.25) is 0 Å². The number of pyridine rings is 1. The Bertz CT molecular complexity index is 368. The summed E-state index contributed by atoms with van der Waals surface area (Å²) in [5.74, 6) is 1.01. The van der Waals surface area contributed by atoms with Crippen LogP contribution in [0.1, 0.15) is 17.5 Å². The fourth-order valence-corrected chi connectivity index (χ4v) is 2.16. The Hall–Kier alpha value is -1.13. The number of nitrogens with zero attached hydrogens (tertiary/aromatic N) is 2. The van der Waals surface area contributed by atoms with Gasteiger partial charge in [0.25, 0.3) is 0 Å². The number of aliphatic hydroxyl groups excluding tert-OH is 1. The zero-order chi connectivity index (χ0) is 11.5. The summed E-state index contributed by atoms with van der Waals surface area (Å²) in [6, 6.07) is 1.99. The van der Waals surface area contributed by atoms with Gasteiger partial charge in [-0.15, -0.1) is 0 Å². The van der Waals surface area contributed by atoms with Crippen LogP contribution in [0.4, 0.5) is 5.82 Å². The molecule has 0 aromatic carbocycles. The third kappa shape index (κ3) is 2.18. The van der Waals surface area contributed by atoms with Gasteiger partial charge >= 0.3 is 0 Å². The van der Waals surface area contributed by atoms with Crippen molar-refractivity contribution in [3.8, 4) is 0 Å². The van der Waals surface area contributed by atoms with Gasteiger partial charge in [-0.2, -0.15) is 0 Å². The maximum absolute atomic E-state index is 9.02. The lowest BCUT2D eigenvalue weighted by Gasteiger charge is -2.19. The van der Waals surface area contributed by atoms with Crippen LogP contribution in [0, 0.1) is 6.92 Å². The van der Waals surface area contributed by atoms with E-state index in [0.29, 0.717) is 6.10 Å². The van der Waals surface area contributed by atoms with Crippen molar-refractivity contribution in [1.82, 2.24) is 4.98 Å². The number of anilines is 1. The smallest absolute Gasteiger partial charge is 0.131 e. The highest BCUT2D eigenvalue weighted by Crippen LogP contribution is 2.23. The number of aliphatic hydroxyl groups is 1. The van der Waals surface area contributed by atoms with E-state index in [4.69, 9.17) is 9.84 Å². The zero-order valence-electron chi connectivity index (χ0n) is 9.81. The summed E-state index contributed by atoms with van der Waals surface area (Å²) in [6.45, 7) is 3.98. The summed E-state index contributed by atoms with van der Waals surface area (Å²) in [5.41, 5.74) is 1.98. The summed E-state index contributed by atoms with van der Waals surface area (Å²) >= 11 is 0. The van der Waals surface area contributed by atoms with Gasteiger partial charge in [0.05, 0.1) is 12.7 Å². The van der Waals surface area contributed by atoms with Crippen LogP contribution in [-0.4, -0.2) is 36.4 Å². The van der Waals surface area contributed by atoms with Crippen molar-refractivity contribution in [2.45, 2.75) is 26.1 Å². The molecular formula is C12H18N2O2. The Balaban J connectivity index is 2.15. The molecule has 1 fully saturated rings. The lowest BCUT2D eigenvalue weighted by atomic mass is 10.2. The van der Waals surface area contributed by atoms with E-state index in [1.807, 2.05) is 13.0 Å². The zero-order valence-corrected chi connectivity index (χ0v) is 9.81. The van der Waals surface area contributed by atoms with E-state index in [-0.39, 0.29) is 6.61 Å². The predicted molar refractivity (Wildman–Crippen MR) is 62.5 cm³/mol. The van der Waals surface area contributed by atoms with Crippen molar-refractivity contribution in [3.05, 3.63) is 23.4 Å². The fourth-order valence-electron chi connectivity index (χ4n) is 2.16. The molecule has 4 nitrogen and oxygen atoms in total. The molecule has 1 unspecified atom stereocenters. The van der Waals surface area contributed by atoms with E-state index in [2.05, 4.69) is 9.88 Å². The summed E-state index contributed by atoms with van der Waals surface area (Å²) in [7, 11) is 1.75. The Labute approximate surface area is 95.9 Å². The number of methoxy groups -OCH3 is 1. The molecule has 1 aromatic heterocycles. The maximum Gasteiger partial charge on any atom is 0.131 e. The van der Waals surface area contributed by atoms with Crippen LogP contribution >= 0.6 is 0 Å². The first-order valence-electron chi connectivity index (χ1n) is 5.58. The van der Waals surface area contributed by atoms with Gasteiger partial charge in [-0.25, -0.2) is 4.98 Å². The summed E-state index contributed by atoms with van der Waals surface area (Å²) in [4.78, 5) is 6.65. The summed E-state index contributed by atoms with van der Waals surface area (Å²) in [6.07, 6.45) is 3.11. The van der Waals surface area contributed by atoms with Crippen LogP contribution in [0.15, 0.2) is 12.3 Å². The molecule has 1 atom stereocenters. The summed E-state index contributed by atoms with van der Waals surface area (Å²) < 4.78 is 5.34. The van der Waals surface area contributed by atoms with Gasteiger partial charge < -0.3 is 14.7 Å². The first-order valence-corrected chi connectivity index (χ1v) is 5.58. The average Bonchev–Trinajstić information content (AvgIpc) is 2.77. The number of hydrogen-bond acceptors (Lipinski definition) is 4. The molecular weight excluding hydrogens is 204 g/mol. The minimum Gasteiger partial charge on any atom is -0.392 e. The van der Waals surface area contributed by atoms with Gasteiger partial charge in [-0.3, -0.25) is 0 Å². The summed E-state index contributed by atoms with van der Waals surface area (Å²) in [5, 5.41) is 9.02. The molecule has 0 radical (unpaired) electrons. The van der Waals surface area contributed by atoms with Crippen molar-refractivity contribution in [1.29, 1.82) is 0 Å². The van der Waals surface area contributed by atoms with E-state index in [9.17, 15) is 0 Å². The van der Waals surface area contributed by atoms with E-state index in [0.717, 1.165) is 36.5 Å². The van der Waals surface area contributed by atoms with Crippen LogP contribution in [0.25, 0.3) is 0 Å². The third-order valence-corrected chi connectivity index (χ3v) is 3.07. The second-order valence-corrected chi connectivity index (χ2v) is 4.23. The Kier molecular flexibility index (Phi) is 3.41. The molecule has 0 aliphatic carbocycles. The molecule has 1 saturated heterocycles. The normalized spacial score (nSPS) is 20.4. The van der Waals surface area contributed by atoms with Crippen molar-refractivity contribution in [2.75, 3.05) is 25.1 Å². The van der Waals surface area contributed by atoms with Gasteiger partial charge in [0, 0.05) is 26.4 Å². The number of ether oxygens (including phenoxy) is 1. The molecule has 2 rings (SSSR count). The van der Waals surface area contributed by atoms with Gasteiger partial charge in [0.15, 0.2) is 0 Å². The van der Waals surface area contributed by atoms with Crippen LogP contribution in [0.5, 0.6) is 0 Å². The van der Waals surface area contributed by atoms with Gasteiger partial charge in [0.2, 0.25) is 0 Å². The van der Waals surface area contributed by atoms with E-state index in [1.165, 1.54) is 0 Å². The molecule has 0 saturated carbocycles. The first-order chi connectivity index (χ1) is 7.74. The molecule has 16 heavy (non-hydrogen) atoms. The largest absolute Gasteiger partial charge is 0.392 e. The highest BCUT2D eigenvalue weighted by molar-refractivity contribution is 5.48. The lowest BCUT2D eigenvalue weighted by molar-refractivity contribution is 0.121. The van der Waals surface area contributed by atoms with Crippen LogP contribution < -0.4 is 4.90 Å². The quantitative estimate of drug-likeness (QED) is 0.832. The van der Waals surface area contributed by atoms with E-state index < -0.39 is 0 Å². The van der Waals surface area contributed by atoms with Gasteiger partial charge in [0.1, 0.15) is 5.82 Å². The molecule has 0 amide bonds. The Morgan fingerprint density at radius 3 is 3.00 bits per heavy atom. The molecule has 0 bridgehead atoms. The average molecular weight is 222 g/mol. The van der Waals surface area contributed by atoms with Gasteiger partial charge in [-0.1, -0.05) is 0 Å². The standard InChI is InChI=1S/C12H18N2O2/c1-9-5-10(8-15)6-13-12(9)14-4-3-11(7-14)16-2/h5-6,11,15H,3-4,7-8H2,1-2H3. The number of aromatic nitrogens is 1. The predicted octanol–water partition coefficient (Wildman–Crippen LogP) is 1.11. The number of aryl methyl sites for hydroxylation is 1. The molecule has 1 aliphatic rings. The van der Waals surface area contributed by atoms with Crippen LogP contribution in [-0.2, 0) is 11.3 Å². The second kappa shape index (κ2) is 4.80. The minimum atomic E-state index is 0.0504. The molecule has 4 heteroatoms. The first kappa shape index (κ1) is 11.4. The Morgan fingerprint density at radius 1 is 1.62 bits per heavy atom. The molecule has 1 aliphatic heterocycles. The SMILES string of the molecule is COC1CCN(c2ncc(CO)cc2C)C1. The molecule has 88 valence electrons. The van der Waals surface area contributed by atoms with Crippen molar-refractivity contribution < 1.29 is 9.84 Å². The second-order valence-electron chi connectivity index (χ2n) is 4.23. The van der Waals surface area contributed by atoms with Crippen molar-refractivity contribution in [2.24, 2.45) is 0 Å². The monoisotopic (exact) mass is 222 g/mol. The topological polar surface area (TPSA) is 45.6 Å². The fraction of sp³-hybridized carbons (Fsp3) is 0.583. The Morgan fingerprint density at radius 2 is 2.44 bits per heavy atom. The lowest BCUT2D eigenvalue weighted by Crippen LogP contribution is -2.24. The molecule has 2 heterocycles.